The predicted octanol–water partition coefficient (Wildman–Crippen LogP) is 5.35. The second-order valence-corrected chi connectivity index (χ2v) is 9.51. The van der Waals surface area contributed by atoms with Gasteiger partial charge in [-0.15, -0.1) is 0 Å². The number of aryl methyl sites for hydroxylation is 2. The van der Waals surface area contributed by atoms with Crippen molar-refractivity contribution in [3.05, 3.63) is 69.8 Å². The Balaban J connectivity index is 2.25. The van der Waals surface area contributed by atoms with Gasteiger partial charge < -0.3 is 4.90 Å². The number of fused-ring (bicyclic) bond motifs is 1. The number of amides is 1. The van der Waals surface area contributed by atoms with Gasteiger partial charge in [0.25, 0.3) is 5.56 Å². The SMILES string of the molecule is CCN(C(=O)CC(C)(C)C)C(C)c1nc2ccccc2c(=O)n1-c1ccc(C)cc1C. The molecule has 1 atom stereocenters. The molecule has 0 bridgehead atoms. The summed E-state index contributed by atoms with van der Waals surface area (Å²) in [4.78, 5) is 33.5. The van der Waals surface area contributed by atoms with Gasteiger partial charge in [-0.3, -0.25) is 14.2 Å². The maximum absolute atomic E-state index is 13.6. The molecular weight excluding hydrogens is 386 g/mol. The molecule has 0 spiro atoms. The molecule has 3 rings (SSSR count). The lowest BCUT2D eigenvalue weighted by Gasteiger charge is -2.32. The van der Waals surface area contributed by atoms with Gasteiger partial charge in [-0.2, -0.15) is 0 Å². The molecule has 0 saturated heterocycles. The van der Waals surface area contributed by atoms with E-state index >= 15 is 0 Å². The molecule has 1 heterocycles. The van der Waals surface area contributed by atoms with Gasteiger partial charge in [0.2, 0.25) is 5.91 Å². The molecule has 1 unspecified atom stereocenters. The summed E-state index contributed by atoms with van der Waals surface area (Å²) in [6, 6.07) is 13.1. The van der Waals surface area contributed by atoms with E-state index in [9.17, 15) is 9.59 Å². The van der Waals surface area contributed by atoms with Crippen LogP contribution in [0.4, 0.5) is 0 Å². The highest BCUT2D eigenvalue weighted by Crippen LogP contribution is 2.27. The van der Waals surface area contributed by atoms with Gasteiger partial charge in [-0.25, -0.2) is 4.98 Å². The van der Waals surface area contributed by atoms with E-state index in [4.69, 9.17) is 4.98 Å². The van der Waals surface area contributed by atoms with Gasteiger partial charge in [-0.05, 0) is 56.9 Å². The van der Waals surface area contributed by atoms with Crippen molar-refractivity contribution in [3.63, 3.8) is 0 Å². The largest absolute Gasteiger partial charge is 0.333 e. The van der Waals surface area contributed by atoms with Crippen molar-refractivity contribution in [3.8, 4) is 5.69 Å². The number of para-hydroxylation sites is 1. The molecule has 1 amide bonds. The van der Waals surface area contributed by atoms with Crippen LogP contribution in [0.15, 0.2) is 47.3 Å². The molecular formula is C26H33N3O2. The highest BCUT2D eigenvalue weighted by Gasteiger charge is 2.28. The average Bonchev–Trinajstić information content (AvgIpc) is 2.68. The van der Waals surface area contributed by atoms with Gasteiger partial charge in [0.15, 0.2) is 0 Å². The summed E-state index contributed by atoms with van der Waals surface area (Å²) in [5.74, 6) is 0.650. The summed E-state index contributed by atoms with van der Waals surface area (Å²) >= 11 is 0. The van der Waals surface area contributed by atoms with Crippen LogP contribution in [0.25, 0.3) is 16.6 Å². The van der Waals surface area contributed by atoms with Crippen molar-refractivity contribution in [2.45, 2.75) is 60.9 Å². The van der Waals surface area contributed by atoms with Crippen LogP contribution in [-0.4, -0.2) is 26.9 Å². The van der Waals surface area contributed by atoms with Crippen LogP contribution >= 0.6 is 0 Å². The summed E-state index contributed by atoms with van der Waals surface area (Å²) in [6.07, 6.45) is 0.437. The number of rotatable bonds is 5. The number of carbonyl (C=O) groups excluding carboxylic acids is 1. The third-order valence-corrected chi connectivity index (χ3v) is 5.58. The molecule has 3 aromatic rings. The third kappa shape index (κ3) is 4.71. The van der Waals surface area contributed by atoms with Crippen LogP contribution in [0.1, 0.15) is 64.0 Å². The number of benzene rings is 2. The van der Waals surface area contributed by atoms with Crippen molar-refractivity contribution in [1.82, 2.24) is 14.5 Å². The van der Waals surface area contributed by atoms with Crippen molar-refractivity contribution < 1.29 is 4.79 Å². The molecule has 0 N–H and O–H groups in total. The number of carbonyl (C=O) groups is 1. The zero-order valence-electron chi connectivity index (χ0n) is 19.7. The Morgan fingerprint density at radius 2 is 1.81 bits per heavy atom. The summed E-state index contributed by atoms with van der Waals surface area (Å²) in [6.45, 7) is 14.7. The Kier molecular flexibility index (Phi) is 6.35. The summed E-state index contributed by atoms with van der Waals surface area (Å²) in [5, 5.41) is 0.572. The number of hydrogen-bond acceptors (Lipinski definition) is 3. The lowest BCUT2D eigenvalue weighted by molar-refractivity contribution is -0.135. The fourth-order valence-electron chi connectivity index (χ4n) is 4.08. The number of aromatic nitrogens is 2. The molecule has 0 aliphatic rings. The minimum absolute atomic E-state index is 0.0667. The van der Waals surface area contributed by atoms with Crippen LogP contribution in [0, 0.1) is 19.3 Å². The standard InChI is InChI=1S/C26H33N3O2/c1-8-28(23(30)16-26(5,6)7)19(4)24-27-21-12-10-9-11-20(21)25(31)29(24)22-14-13-17(2)15-18(22)3/h9-15,19H,8,16H2,1-7H3. The van der Waals surface area contributed by atoms with Crippen LogP contribution in [0.5, 0.6) is 0 Å². The second kappa shape index (κ2) is 8.66. The van der Waals surface area contributed by atoms with Gasteiger partial charge in [-0.1, -0.05) is 50.6 Å². The first kappa shape index (κ1) is 22.7. The predicted molar refractivity (Wildman–Crippen MR) is 127 cm³/mol. The minimum Gasteiger partial charge on any atom is -0.333 e. The van der Waals surface area contributed by atoms with Crippen LogP contribution in [-0.2, 0) is 4.79 Å². The molecule has 0 fully saturated rings. The van der Waals surface area contributed by atoms with Crippen LogP contribution in [0.2, 0.25) is 0 Å². The van der Waals surface area contributed by atoms with E-state index in [0.29, 0.717) is 29.7 Å². The smallest absolute Gasteiger partial charge is 0.266 e. The van der Waals surface area contributed by atoms with E-state index in [1.165, 1.54) is 0 Å². The van der Waals surface area contributed by atoms with Crippen molar-refractivity contribution in [1.29, 1.82) is 0 Å². The normalized spacial score (nSPS) is 12.7. The van der Waals surface area contributed by atoms with E-state index in [1.807, 2.05) is 69.0 Å². The van der Waals surface area contributed by atoms with Gasteiger partial charge >= 0.3 is 0 Å². The zero-order chi connectivity index (χ0) is 22.9. The summed E-state index contributed by atoms with van der Waals surface area (Å²) < 4.78 is 1.69. The lowest BCUT2D eigenvalue weighted by Crippen LogP contribution is -2.38. The third-order valence-electron chi connectivity index (χ3n) is 5.58. The van der Waals surface area contributed by atoms with Crippen molar-refractivity contribution in [2.75, 3.05) is 6.54 Å². The Morgan fingerprint density at radius 1 is 1.13 bits per heavy atom. The molecule has 31 heavy (non-hydrogen) atoms. The van der Waals surface area contributed by atoms with Gasteiger partial charge in [0.05, 0.1) is 22.6 Å². The first-order valence-corrected chi connectivity index (χ1v) is 10.9. The zero-order valence-corrected chi connectivity index (χ0v) is 19.7. The number of nitrogens with zero attached hydrogens (tertiary/aromatic N) is 3. The Morgan fingerprint density at radius 3 is 2.42 bits per heavy atom. The highest BCUT2D eigenvalue weighted by molar-refractivity contribution is 5.79. The fraction of sp³-hybridized carbons (Fsp3) is 0.423. The van der Waals surface area contributed by atoms with E-state index < -0.39 is 0 Å². The van der Waals surface area contributed by atoms with E-state index in [2.05, 4.69) is 26.8 Å². The second-order valence-electron chi connectivity index (χ2n) is 9.51. The Hall–Kier alpha value is -2.95. The number of hydrogen-bond donors (Lipinski definition) is 0. The molecule has 1 aromatic heterocycles. The summed E-state index contributed by atoms with van der Waals surface area (Å²) in [7, 11) is 0. The molecule has 0 aliphatic carbocycles. The Labute approximate surface area is 184 Å². The minimum atomic E-state index is -0.349. The van der Waals surface area contributed by atoms with Crippen molar-refractivity contribution >= 4 is 16.8 Å². The molecule has 5 heteroatoms. The van der Waals surface area contributed by atoms with E-state index in [-0.39, 0.29) is 22.9 Å². The van der Waals surface area contributed by atoms with Crippen LogP contribution in [0.3, 0.4) is 0 Å². The first-order chi connectivity index (χ1) is 14.5. The average molecular weight is 420 g/mol. The summed E-state index contributed by atoms with van der Waals surface area (Å²) in [5.41, 5.74) is 3.35. The molecule has 5 nitrogen and oxygen atoms in total. The molecule has 0 radical (unpaired) electrons. The van der Waals surface area contributed by atoms with Gasteiger partial charge in [0.1, 0.15) is 5.82 Å². The molecule has 0 aliphatic heterocycles. The van der Waals surface area contributed by atoms with Gasteiger partial charge in [0, 0.05) is 13.0 Å². The molecule has 164 valence electrons. The van der Waals surface area contributed by atoms with Crippen LogP contribution < -0.4 is 5.56 Å². The maximum Gasteiger partial charge on any atom is 0.266 e. The van der Waals surface area contributed by atoms with E-state index in [0.717, 1.165) is 16.8 Å². The quantitative estimate of drug-likeness (QED) is 0.560. The first-order valence-electron chi connectivity index (χ1n) is 10.9. The lowest BCUT2D eigenvalue weighted by atomic mass is 9.91. The van der Waals surface area contributed by atoms with E-state index in [1.54, 1.807) is 4.57 Å². The topological polar surface area (TPSA) is 55.2 Å². The Bertz CT molecular complexity index is 1170. The molecule has 0 saturated carbocycles. The maximum atomic E-state index is 13.6. The molecule has 2 aromatic carbocycles. The highest BCUT2D eigenvalue weighted by atomic mass is 16.2. The van der Waals surface area contributed by atoms with Crippen molar-refractivity contribution in [2.24, 2.45) is 5.41 Å². The fourth-order valence-corrected chi connectivity index (χ4v) is 4.08. The monoisotopic (exact) mass is 419 g/mol.